The molecule has 72 heavy (non-hydrogen) atoms. The fourth-order valence-corrected chi connectivity index (χ4v) is 13.7. The molecule has 9 aromatic rings. The fraction of sp³-hybridized carbons (Fsp3) is 0.203. The molecule has 0 atom stereocenters. The van der Waals surface area contributed by atoms with Crippen LogP contribution in [-0.4, -0.2) is 28.5 Å². The maximum Gasteiger partial charge on any atom is 0.118 e. The Bertz CT molecular complexity index is 3620. The molecular weight excluding hydrogens is 871 g/mol. The first-order chi connectivity index (χ1) is 34.8. The van der Waals surface area contributed by atoms with Gasteiger partial charge in [-0.05, 0) is 154 Å². The summed E-state index contributed by atoms with van der Waals surface area (Å²) in [5, 5.41) is 0. The van der Waals surface area contributed by atoms with Gasteiger partial charge in [-0.25, -0.2) is 0 Å². The Balaban J connectivity index is 1.14. The molecule has 0 bridgehead atoms. The Morgan fingerprint density at radius 2 is 0.778 bits per heavy atom. The second-order valence-corrected chi connectivity index (χ2v) is 22.0. The quantitative estimate of drug-likeness (QED) is 0.159. The van der Waals surface area contributed by atoms with E-state index in [1.54, 1.807) is 0 Å². The van der Waals surface area contributed by atoms with Gasteiger partial charge < -0.3 is 9.80 Å². The Morgan fingerprint density at radius 3 is 1.19 bits per heavy atom. The molecule has 3 aliphatic carbocycles. The van der Waals surface area contributed by atoms with Crippen LogP contribution < -0.4 is 0 Å². The van der Waals surface area contributed by atoms with Crippen LogP contribution in [0.4, 0.5) is 0 Å². The van der Waals surface area contributed by atoms with Crippen molar-refractivity contribution in [2.45, 2.75) is 77.7 Å². The number of fused-ring (bicyclic) bond motifs is 9. The van der Waals surface area contributed by atoms with E-state index in [1.807, 2.05) is 6.20 Å². The monoisotopic (exact) mass is 931 g/mol. The van der Waals surface area contributed by atoms with E-state index in [-0.39, 0.29) is 0 Å². The first kappa shape index (κ1) is 44.2. The number of aromatic nitrogens is 1. The number of hydrogen-bond donors (Lipinski definition) is 0. The molecule has 4 aliphatic rings. The van der Waals surface area contributed by atoms with Crippen LogP contribution in [-0.2, 0) is 16.4 Å². The second kappa shape index (κ2) is 15.9. The first-order valence-electron chi connectivity index (χ1n) is 25.8. The van der Waals surface area contributed by atoms with Gasteiger partial charge >= 0.3 is 0 Å². The fourth-order valence-electron chi connectivity index (χ4n) is 13.7. The van der Waals surface area contributed by atoms with E-state index in [0.29, 0.717) is 5.92 Å². The molecule has 0 spiro atoms. The molecule has 3 nitrogen and oxygen atoms in total. The highest BCUT2D eigenvalue weighted by atomic mass is 15.4. The molecule has 13 rings (SSSR count). The van der Waals surface area contributed by atoms with Crippen molar-refractivity contribution in [2.24, 2.45) is 0 Å². The van der Waals surface area contributed by atoms with Crippen molar-refractivity contribution in [1.82, 2.24) is 14.8 Å². The molecule has 0 radical (unpaired) electrons. The van der Waals surface area contributed by atoms with Crippen LogP contribution in [0.2, 0.25) is 0 Å². The minimum absolute atomic E-state index is 0.340. The molecule has 2 heterocycles. The number of nitrogens with zero attached hydrogens (tertiary/aromatic N) is 3. The largest absolute Gasteiger partial charge is 0.362 e. The lowest BCUT2D eigenvalue weighted by Gasteiger charge is -2.43. The number of pyridine rings is 1. The summed E-state index contributed by atoms with van der Waals surface area (Å²) >= 11 is 0. The van der Waals surface area contributed by atoms with Gasteiger partial charge in [0.2, 0.25) is 0 Å². The summed E-state index contributed by atoms with van der Waals surface area (Å²) in [6.07, 6.45) is 6.59. The van der Waals surface area contributed by atoms with E-state index in [0.717, 1.165) is 12.4 Å². The first-order valence-corrected chi connectivity index (χ1v) is 25.8. The van der Waals surface area contributed by atoms with Crippen LogP contribution in [0.25, 0.3) is 33.4 Å². The van der Waals surface area contributed by atoms with Crippen molar-refractivity contribution in [3.63, 3.8) is 0 Å². The van der Waals surface area contributed by atoms with Crippen molar-refractivity contribution >= 4 is 0 Å². The summed E-state index contributed by atoms with van der Waals surface area (Å²) in [4.78, 5) is 10.3. The van der Waals surface area contributed by atoms with Crippen molar-refractivity contribution in [2.75, 3.05) is 13.7 Å². The molecule has 352 valence electrons. The SMILES string of the molecule is Cc1ccc2c(c1)-c1cc(C)ccc1C2(c1cccc(C2(c3cc(C(C)C)ccn3)c3ccc(C)cc3-c3cc(C)ccc32)c1)c1cccc(C2(N3C=CN(C)C3)c3ccc(C)cc3-c3cc(C)ccc32)c1. The highest BCUT2D eigenvalue weighted by Crippen LogP contribution is 2.62. The van der Waals surface area contributed by atoms with E-state index in [1.165, 1.54) is 128 Å². The number of rotatable bonds is 7. The minimum Gasteiger partial charge on any atom is -0.362 e. The van der Waals surface area contributed by atoms with Gasteiger partial charge in [0.25, 0.3) is 0 Å². The van der Waals surface area contributed by atoms with Crippen LogP contribution in [0.1, 0.15) is 120 Å². The third-order valence-electron chi connectivity index (χ3n) is 16.9. The average molecular weight is 932 g/mol. The summed E-state index contributed by atoms with van der Waals surface area (Å²) in [6.45, 7) is 18.7. The minimum atomic E-state index is -0.694. The third-order valence-corrected chi connectivity index (χ3v) is 16.9. The van der Waals surface area contributed by atoms with Crippen LogP contribution >= 0.6 is 0 Å². The highest BCUT2D eigenvalue weighted by molar-refractivity contribution is 5.90. The lowest BCUT2D eigenvalue weighted by atomic mass is 9.64. The second-order valence-electron chi connectivity index (χ2n) is 22.0. The van der Waals surface area contributed by atoms with Crippen LogP contribution in [0.5, 0.6) is 0 Å². The van der Waals surface area contributed by atoms with Crippen molar-refractivity contribution < 1.29 is 0 Å². The smallest absolute Gasteiger partial charge is 0.118 e. The van der Waals surface area contributed by atoms with Crippen molar-refractivity contribution in [1.29, 1.82) is 0 Å². The molecule has 0 N–H and O–H groups in total. The van der Waals surface area contributed by atoms with E-state index < -0.39 is 16.4 Å². The molecule has 3 heteroatoms. The molecule has 0 amide bonds. The number of aryl methyl sites for hydroxylation is 6. The Morgan fingerprint density at radius 1 is 0.403 bits per heavy atom. The van der Waals surface area contributed by atoms with Crippen LogP contribution in [0, 0.1) is 41.5 Å². The maximum atomic E-state index is 5.43. The normalized spacial score (nSPS) is 15.9. The molecule has 1 aliphatic heterocycles. The predicted octanol–water partition coefficient (Wildman–Crippen LogP) is 15.7. The standard InChI is InChI=1S/C69H61N3/c1-42(2)49-28-29-70-66(38-49)68(62-24-18-45(5)34-56(62)57-35-46(6)19-25-63(57)68)52-14-10-12-50(39-52)67(60-22-16-43(3)32-54(60)55-33-44(4)17-23-61(55)67)51-13-11-15-53(40-51)69(72-31-30-71(9)41-72)64-26-20-47(7)36-58(64)59-37-48(8)21-27-65(59)69/h10-40,42H,41H2,1-9H3. The van der Waals surface area contributed by atoms with E-state index in [9.17, 15) is 0 Å². The van der Waals surface area contributed by atoms with Crippen molar-refractivity contribution in [3.8, 4) is 33.4 Å². The Kier molecular flexibility index (Phi) is 9.75. The summed E-state index contributed by atoms with van der Waals surface area (Å²) < 4.78 is 0. The summed E-state index contributed by atoms with van der Waals surface area (Å²) in [5.41, 5.74) is 28.5. The zero-order chi connectivity index (χ0) is 49.4. The summed E-state index contributed by atoms with van der Waals surface area (Å²) in [5.74, 6) is 0.340. The molecule has 0 fully saturated rings. The average Bonchev–Trinajstić information content (AvgIpc) is 4.10. The van der Waals surface area contributed by atoms with Gasteiger partial charge in [-0.2, -0.15) is 0 Å². The third kappa shape index (κ3) is 6.00. The lowest BCUT2D eigenvalue weighted by molar-refractivity contribution is 0.198. The molecule has 0 saturated carbocycles. The topological polar surface area (TPSA) is 19.4 Å². The van der Waals surface area contributed by atoms with Gasteiger partial charge in [-0.15, -0.1) is 0 Å². The molecular formula is C69H61N3. The van der Waals surface area contributed by atoms with E-state index >= 15 is 0 Å². The van der Waals surface area contributed by atoms with Gasteiger partial charge in [-0.3, -0.25) is 4.98 Å². The van der Waals surface area contributed by atoms with Gasteiger partial charge in [0.05, 0.1) is 23.2 Å². The molecule has 0 unspecified atom stereocenters. The van der Waals surface area contributed by atoms with Gasteiger partial charge in [0, 0.05) is 25.6 Å². The van der Waals surface area contributed by atoms with Gasteiger partial charge in [0.1, 0.15) is 5.54 Å². The molecule has 8 aromatic carbocycles. The zero-order valence-corrected chi connectivity index (χ0v) is 43.0. The molecule has 1 aromatic heterocycles. The van der Waals surface area contributed by atoms with Gasteiger partial charge in [-0.1, -0.05) is 205 Å². The Labute approximate surface area is 426 Å². The number of benzene rings is 8. The predicted molar refractivity (Wildman–Crippen MR) is 297 cm³/mol. The Hall–Kier alpha value is -7.75. The number of hydrogen-bond acceptors (Lipinski definition) is 3. The zero-order valence-electron chi connectivity index (χ0n) is 43.0. The van der Waals surface area contributed by atoms with E-state index in [2.05, 4.69) is 254 Å². The highest BCUT2D eigenvalue weighted by Gasteiger charge is 2.53. The van der Waals surface area contributed by atoms with Gasteiger partial charge in [0.15, 0.2) is 0 Å². The van der Waals surface area contributed by atoms with E-state index in [4.69, 9.17) is 4.98 Å². The summed E-state index contributed by atoms with van der Waals surface area (Å²) in [7, 11) is 2.19. The summed E-state index contributed by atoms with van der Waals surface area (Å²) in [6, 6.07) is 66.9. The lowest BCUT2D eigenvalue weighted by Crippen LogP contribution is -2.45. The van der Waals surface area contributed by atoms with Crippen LogP contribution in [0.15, 0.2) is 188 Å². The van der Waals surface area contributed by atoms with Crippen molar-refractivity contribution in [3.05, 3.63) is 289 Å². The maximum absolute atomic E-state index is 5.43. The molecule has 0 saturated heterocycles. The van der Waals surface area contributed by atoms with Crippen LogP contribution in [0.3, 0.4) is 0 Å².